The van der Waals surface area contributed by atoms with Crippen LogP contribution in [0.5, 0.6) is 0 Å². The molecule has 17 heavy (non-hydrogen) atoms. The van der Waals surface area contributed by atoms with Gasteiger partial charge in [-0.05, 0) is 45.0 Å². The van der Waals surface area contributed by atoms with Crippen LogP contribution in [0.15, 0.2) is 24.3 Å². The Morgan fingerprint density at radius 1 is 1.47 bits per heavy atom. The fourth-order valence-electron chi connectivity index (χ4n) is 2.54. The minimum Gasteiger partial charge on any atom is -0.306 e. The Morgan fingerprint density at radius 3 is 2.82 bits per heavy atom. The van der Waals surface area contributed by atoms with Crippen LogP contribution in [-0.4, -0.2) is 30.6 Å². The molecule has 3 unspecified atom stereocenters. The van der Waals surface area contributed by atoms with Gasteiger partial charge in [-0.3, -0.25) is 0 Å². The van der Waals surface area contributed by atoms with Crippen molar-refractivity contribution in [3.05, 3.63) is 34.9 Å². The average molecular weight is 253 g/mol. The third kappa shape index (κ3) is 3.21. The van der Waals surface area contributed by atoms with Crippen LogP contribution in [0.1, 0.15) is 31.9 Å². The first-order chi connectivity index (χ1) is 8.06. The summed E-state index contributed by atoms with van der Waals surface area (Å²) in [7, 11) is 2.19. The third-order valence-corrected chi connectivity index (χ3v) is 3.96. The topological polar surface area (TPSA) is 15.3 Å². The molecule has 94 valence electrons. The summed E-state index contributed by atoms with van der Waals surface area (Å²) in [6.45, 7) is 5.62. The SMILES string of the molecule is CC(NC1CC(C)N(C)C1)c1cccc(Cl)c1. The zero-order valence-corrected chi connectivity index (χ0v) is 11.5. The molecule has 0 saturated carbocycles. The minimum absolute atomic E-state index is 0.359. The van der Waals surface area contributed by atoms with Gasteiger partial charge in [-0.2, -0.15) is 0 Å². The van der Waals surface area contributed by atoms with Gasteiger partial charge < -0.3 is 10.2 Å². The van der Waals surface area contributed by atoms with E-state index < -0.39 is 0 Å². The van der Waals surface area contributed by atoms with Crippen LogP contribution in [0.3, 0.4) is 0 Å². The summed E-state index contributed by atoms with van der Waals surface area (Å²) < 4.78 is 0. The Labute approximate surface area is 109 Å². The van der Waals surface area contributed by atoms with E-state index in [2.05, 4.69) is 37.2 Å². The second kappa shape index (κ2) is 5.38. The van der Waals surface area contributed by atoms with Gasteiger partial charge in [0.05, 0.1) is 0 Å². The summed E-state index contributed by atoms with van der Waals surface area (Å²) in [4.78, 5) is 2.41. The van der Waals surface area contributed by atoms with Gasteiger partial charge in [-0.15, -0.1) is 0 Å². The third-order valence-electron chi connectivity index (χ3n) is 3.72. The molecule has 1 fully saturated rings. The zero-order valence-electron chi connectivity index (χ0n) is 10.8. The predicted molar refractivity (Wildman–Crippen MR) is 73.5 cm³/mol. The van der Waals surface area contributed by atoms with E-state index in [0.717, 1.165) is 11.6 Å². The molecular formula is C14H21ClN2. The van der Waals surface area contributed by atoms with E-state index >= 15 is 0 Å². The first-order valence-corrected chi connectivity index (χ1v) is 6.66. The second-order valence-electron chi connectivity index (χ2n) is 5.16. The molecule has 0 spiro atoms. The molecule has 2 rings (SSSR count). The van der Waals surface area contributed by atoms with E-state index in [1.807, 2.05) is 18.2 Å². The molecule has 1 heterocycles. The molecule has 1 aliphatic rings. The number of hydrogen-bond donors (Lipinski definition) is 1. The molecule has 1 aromatic carbocycles. The number of likely N-dealkylation sites (tertiary alicyclic amines) is 1. The van der Waals surface area contributed by atoms with E-state index in [-0.39, 0.29) is 0 Å². The highest BCUT2D eigenvalue weighted by Crippen LogP contribution is 2.21. The van der Waals surface area contributed by atoms with Gasteiger partial charge in [0, 0.05) is 29.7 Å². The minimum atomic E-state index is 0.359. The summed E-state index contributed by atoms with van der Waals surface area (Å²) >= 11 is 6.02. The maximum atomic E-state index is 6.02. The van der Waals surface area contributed by atoms with Crippen molar-refractivity contribution >= 4 is 11.6 Å². The maximum absolute atomic E-state index is 6.02. The highest BCUT2D eigenvalue weighted by molar-refractivity contribution is 6.30. The van der Waals surface area contributed by atoms with Crippen molar-refractivity contribution in [2.24, 2.45) is 0 Å². The van der Waals surface area contributed by atoms with Gasteiger partial charge >= 0.3 is 0 Å². The van der Waals surface area contributed by atoms with Gasteiger partial charge in [-0.25, -0.2) is 0 Å². The normalized spacial score (nSPS) is 27.3. The number of halogens is 1. The van der Waals surface area contributed by atoms with Gasteiger partial charge in [0.2, 0.25) is 0 Å². The number of nitrogens with zero attached hydrogens (tertiary/aromatic N) is 1. The Hall–Kier alpha value is -0.570. The average Bonchev–Trinajstić information content (AvgIpc) is 2.58. The molecule has 0 amide bonds. The van der Waals surface area contributed by atoms with Crippen molar-refractivity contribution in [2.75, 3.05) is 13.6 Å². The lowest BCUT2D eigenvalue weighted by molar-refractivity contribution is 0.325. The van der Waals surface area contributed by atoms with Crippen LogP contribution in [0, 0.1) is 0 Å². The summed E-state index contributed by atoms with van der Waals surface area (Å²) in [6.07, 6.45) is 1.22. The molecule has 2 nitrogen and oxygen atoms in total. The van der Waals surface area contributed by atoms with Crippen LogP contribution in [0.4, 0.5) is 0 Å². The molecule has 1 saturated heterocycles. The van der Waals surface area contributed by atoms with Gasteiger partial charge in [0.25, 0.3) is 0 Å². The standard InChI is InChI=1S/C14H21ClN2/c1-10-7-14(9-17(10)3)16-11(2)12-5-4-6-13(15)8-12/h4-6,8,10-11,14,16H,7,9H2,1-3H3. The van der Waals surface area contributed by atoms with Crippen LogP contribution in [0.25, 0.3) is 0 Å². The Kier molecular flexibility index (Phi) is 4.08. The molecule has 0 aromatic heterocycles. The molecule has 3 atom stereocenters. The molecule has 3 heteroatoms. The molecule has 1 aliphatic heterocycles. The Balaban J connectivity index is 1.96. The smallest absolute Gasteiger partial charge is 0.0409 e. The van der Waals surface area contributed by atoms with Gasteiger partial charge in [0.1, 0.15) is 0 Å². The van der Waals surface area contributed by atoms with E-state index in [1.165, 1.54) is 12.0 Å². The molecular weight excluding hydrogens is 232 g/mol. The highest BCUT2D eigenvalue weighted by atomic mass is 35.5. The summed E-state index contributed by atoms with van der Waals surface area (Å²) in [5.74, 6) is 0. The monoisotopic (exact) mass is 252 g/mol. The molecule has 1 aromatic rings. The Bertz CT molecular complexity index is 370. The maximum Gasteiger partial charge on any atom is 0.0409 e. The molecule has 1 N–H and O–H groups in total. The van der Waals surface area contributed by atoms with Gasteiger partial charge in [0.15, 0.2) is 0 Å². The number of benzene rings is 1. The van der Waals surface area contributed by atoms with E-state index in [4.69, 9.17) is 11.6 Å². The van der Waals surface area contributed by atoms with Crippen LogP contribution in [0.2, 0.25) is 5.02 Å². The molecule has 0 aliphatic carbocycles. The lowest BCUT2D eigenvalue weighted by Gasteiger charge is -2.19. The number of likely N-dealkylation sites (N-methyl/N-ethyl adjacent to an activating group) is 1. The summed E-state index contributed by atoms with van der Waals surface area (Å²) in [6, 6.07) is 9.73. The van der Waals surface area contributed by atoms with E-state index in [0.29, 0.717) is 18.1 Å². The number of nitrogens with one attached hydrogen (secondary N) is 1. The van der Waals surface area contributed by atoms with Gasteiger partial charge in [-0.1, -0.05) is 23.7 Å². The quantitative estimate of drug-likeness (QED) is 0.890. The summed E-state index contributed by atoms with van der Waals surface area (Å²) in [5, 5.41) is 4.50. The van der Waals surface area contributed by atoms with Crippen molar-refractivity contribution in [1.82, 2.24) is 10.2 Å². The first kappa shape index (κ1) is 12.9. The fraction of sp³-hybridized carbons (Fsp3) is 0.571. The number of hydrogen-bond acceptors (Lipinski definition) is 2. The van der Waals surface area contributed by atoms with E-state index in [9.17, 15) is 0 Å². The summed E-state index contributed by atoms with van der Waals surface area (Å²) in [5.41, 5.74) is 1.26. The van der Waals surface area contributed by atoms with Crippen LogP contribution >= 0.6 is 11.6 Å². The molecule has 0 radical (unpaired) electrons. The molecule has 0 bridgehead atoms. The highest BCUT2D eigenvalue weighted by Gasteiger charge is 2.26. The van der Waals surface area contributed by atoms with E-state index in [1.54, 1.807) is 0 Å². The van der Waals surface area contributed by atoms with Crippen LogP contribution in [-0.2, 0) is 0 Å². The van der Waals surface area contributed by atoms with Crippen molar-refractivity contribution < 1.29 is 0 Å². The van der Waals surface area contributed by atoms with Crippen molar-refractivity contribution in [1.29, 1.82) is 0 Å². The first-order valence-electron chi connectivity index (χ1n) is 6.28. The predicted octanol–water partition coefficient (Wildman–Crippen LogP) is 3.08. The fourth-order valence-corrected chi connectivity index (χ4v) is 2.74. The van der Waals surface area contributed by atoms with Crippen LogP contribution < -0.4 is 5.32 Å². The Morgan fingerprint density at radius 2 is 2.24 bits per heavy atom. The largest absolute Gasteiger partial charge is 0.306 e. The van der Waals surface area contributed by atoms with Crippen molar-refractivity contribution in [3.63, 3.8) is 0 Å². The lowest BCUT2D eigenvalue weighted by Crippen LogP contribution is -2.33. The lowest BCUT2D eigenvalue weighted by atomic mass is 10.1. The second-order valence-corrected chi connectivity index (χ2v) is 5.60. The van der Waals surface area contributed by atoms with Crippen molar-refractivity contribution in [3.8, 4) is 0 Å². The number of rotatable bonds is 3. The zero-order chi connectivity index (χ0) is 12.4. The van der Waals surface area contributed by atoms with Crippen molar-refractivity contribution in [2.45, 2.75) is 38.4 Å².